The van der Waals surface area contributed by atoms with Gasteiger partial charge in [0.1, 0.15) is 12.0 Å². The third-order valence-electron chi connectivity index (χ3n) is 5.39. The molecule has 0 N–H and O–H groups in total. The van der Waals surface area contributed by atoms with E-state index in [4.69, 9.17) is 21.1 Å². The number of hydrogen-bond acceptors (Lipinski definition) is 5. The van der Waals surface area contributed by atoms with Gasteiger partial charge in [-0.1, -0.05) is 18.2 Å². The number of rotatable bonds is 4. The number of ether oxygens (including phenoxy) is 2. The molecule has 24 heavy (non-hydrogen) atoms. The van der Waals surface area contributed by atoms with Crippen LogP contribution in [0.3, 0.4) is 0 Å². The zero-order chi connectivity index (χ0) is 17.3. The van der Waals surface area contributed by atoms with Gasteiger partial charge in [0.2, 0.25) is 0 Å². The Bertz CT molecular complexity index is 608. The minimum atomic E-state index is -0.559. The SMILES string of the molecule is COC(=O)[C@H]1[C@H](OC(=O)c2ccccc2)C(CCl)[C@H]2CC[C@@H]1N2C. The van der Waals surface area contributed by atoms with Crippen molar-refractivity contribution in [3.63, 3.8) is 0 Å². The predicted octanol–water partition coefficient (Wildman–Crippen LogP) is 2.33. The van der Waals surface area contributed by atoms with Crippen LogP contribution in [0.15, 0.2) is 30.3 Å². The largest absolute Gasteiger partial charge is 0.469 e. The summed E-state index contributed by atoms with van der Waals surface area (Å²) in [6, 6.07) is 9.06. The standard InChI is InChI=1S/C18H22ClNO4/c1-20-13-8-9-14(20)15(18(22)23-2)16(12(13)10-19)24-17(21)11-6-4-3-5-7-11/h3-7,12-16H,8-10H2,1-2H3/t12?,13-,14+,15-,16-/m1/s1. The summed E-state index contributed by atoms with van der Waals surface area (Å²) in [7, 11) is 3.38. The van der Waals surface area contributed by atoms with Crippen LogP contribution in [0.2, 0.25) is 0 Å². The normalized spacial score (nSPS) is 32.4. The van der Waals surface area contributed by atoms with Gasteiger partial charge in [0.05, 0.1) is 12.7 Å². The summed E-state index contributed by atoms with van der Waals surface area (Å²) in [6.07, 6.45) is 1.27. The molecule has 1 aromatic rings. The summed E-state index contributed by atoms with van der Waals surface area (Å²) in [5.41, 5.74) is 0.473. The van der Waals surface area contributed by atoms with Gasteiger partial charge in [-0.3, -0.25) is 9.69 Å². The number of carbonyl (C=O) groups is 2. The average molecular weight is 352 g/mol. The summed E-state index contributed by atoms with van der Waals surface area (Å²) in [6.45, 7) is 0. The average Bonchev–Trinajstić information content (AvgIpc) is 2.89. The van der Waals surface area contributed by atoms with Crippen LogP contribution < -0.4 is 0 Å². The van der Waals surface area contributed by atoms with Gasteiger partial charge in [-0.05, 0) is 32.0 Å². The molecule has 2 aliphatic heterocycles. The van der Waals surface area contributed by atoms with Gasteiger partial charge >= 0.3 is 11.9 Å². The zero-order valence-corrected chi connectivity index (χ0v) is 14.6. The molecule has 2 fully saturated rings. The number of methoxy groups -OCH3 is 1. The maximum Gasteiger partial charge on any atom is 0.338 e. The van der Waals surface area contributed by atoms with Gasteiger partial charge in [0.25, 0.3) is 0 Å². The molecule has 0 radical (unpaired) electrons. The maximum atomic E-state index is 12.5. The fourth-order valence-corrected chi connectivity index (χ4v) is 4.57. The van der Waals surface area contributed by atoms with Crippen molar-refractivity contribution in [3.8, 4) is 0 Å². The third kappa shape index (κ3) is 2.91. The van der Waals surface area contributed by atoms with Crippen molar-refractivity contribution in [2.45, 2.75) is 31.0 Å². The van der Waals surface area contributed by atoms with Crippen molar-refractivity contribution in [2.75, 3.05) is 20.0 Å². The van der Waals surface area contributed by atoms with Gasteiger partial charge in [-0.25, -0.2) is 4.79 Å². The molecule has 2 bridgehead atoms. The molecule has 1 unspecified atom stereocenters. The summed E-state index contributed by atoms with van der Waals surface area (Å²) in [4.78, 5) is 27.1. The maximum absolute atomic E-state index is 12.5. The molecule has 3 rings (SSSR count). The molecule has 2 saturated heterocycles. The van der Waals surface area contributed by atoms with E-state index in [1.54, 1.807) is 24.3 Å². The van der Waals surface area contributed by atoms with E-state index in [-0.39, 0.29) is 24.0 Å². The van der Waals surface area contributed by atoms with Crippen molar-refractivity contribution in [2.24, 2.45) is 11.8 Å². The quantitative estimate of drug-likeness (QED) is 0.615. The van der Waals surface area contributed by atoms with Crippen molar-refractivity contribution < 1.29 is 19.1 Å². The summed E-state index contributed by atoms with van der Waals surface area (Å²) in [5.74, 6) is -1.02. The molecule has 5 nitrogen and oxygen atoms in total. The minimum absolute atomic E-state index is 0.0236. The first-order chi connectivity index (χ1) is 11.6. The second-order valence-corrected chi connectivity index (χ2v) is 6.79. The second kappa shape index (κ2) is 7.11. The van der Waals surface area contributed by atoms with E-state index in [0.29, 0.717) is 11.4 Å². The van der Waals surface area contributed by atoms with E-state index in [9.17, 15) is 9.59 Å². The first-order valence-electron chi connectivity index (χ1n) is 8.20. The Labute approximate surface area is 146 Å². The van der Waals surface area contributed by atoms with E-state index in [1.165, 1.54) is 7.11 Å². The lowest BCUT2D eigenvalue weighted by Gasteiger charge is -2.45. The Morgan fingerprint density at radius 3 is 2.50 bits per heavy atom. The van der Waals surface area contributed by atoms with Crippen molar-refractivity contribution in [1.82, 2.24) is 4.90 Å². The summed E-state index contributed by atoms with van der Waals surface area (Å²) >= 11 is 6.20. The molecule has 130 valence electrons. The highest BCUT2D eigenvalue weighted by atomic mass is 35.5. The molecule has 0 aromatic heterocycles. The van der Waals surface area contributed by atoms with Gasteiger partial charge in [-0.2, -0.15) is 0 Å². The number of benzene rings is 1. The molecule has 2 aliphatic rings. The van der Waals surface area contributed by atoms with E-state index in [1.807, 2.05) is 13.1 Å². The van der Waals surface area contributed by atoms with Gasteiger partial charge in [-0.15, -0.1) is 11.6 Å². The highest BCUT2D eigenvalue weighted by Gasteiger charge is 2.55. The fourth-order valence-electron chi connectivity index (χ4n) is 4.19. The molecule has 0 aliphatic carbocycles. The number of esters is 2. The lowest BCUT2D eigenvalue weighted by Crippen LogP contribution is -2.59. The number of piperidine rings is 1. The Morgan fingerprint density at radius 1 is 1.21 bits per heavy atom. The van der Waals surface area contributed by atoms with Gasteiger partial charge in [0.15, 0.2) is 0 Å². The second-order valence-electron chi connectivity index (χ2n) is 6.48. The molecule has 0 amide bonds. The Kier molecular flexibility index (Phi) is 5.11. The van der Waals surface area contributed by atoms with E-state index in [2.05, 4.69) is 4.90 Å². The Morgan fingerprint density at radius 2 is 1.88 bits per heavy atom. The van der Waals surface area contributed by atoms with Crippen molar-refractivity contribution >= 4 is 23.5 Å². The molecule has 0 spiro atoms. The lowest BCUT2D eigenvalue weighted by molar-refractivity contribution is -0.159. The number of nitrogens with zero attached hydrogens (tertiary/aromatic N) is 1. The Balaban J connectivity index is 1.89. The van der Waals surface area contributed by atoms with Gasteiger partial charge in [0, 0.05) is 23.9 Å². The summed E-state index contributed by atoms with van der Waals surface area (Å²) < 4.78 is 10.8. The van der Waals surface area contributed by atoms with Crippen LogP contribution >= 0.6 is 11.6 Å². The number of hydrogen-bond donors (Lipinski definition) is 0. The van der Waals surface area contributed by atoms with Crippen LogP contribution in [-0.2, 0) is 14.3 Å². The van der Waals surface area contributed by atoms with Crippen LogP contribution in [-0.4, -0.2) is 55.1 Å². The molecule has 0 saturated carbocycles. The zero-order valence-electron chi connectivity index (χ0n) is 13.9. The first-order valence-corrected chi connectivity index (χ1v) is 8.73. The van der Waals surface area contributed by atoms with Gasteiger partial charge < -0.3 is 9.47 Å². The van der Waals surface area contributed by atoms with Crippen LogP contribution in [0.1, 0.15) is 23.2 Å². The third-order valence-corrected chi connectivity index (χ3v) is 5.75. The predicted molar refractivity (Wildman–Crippen MR) is 89.9 cm³/mol. The smallest absolute Gasteiger partial charge is 0.338 e. The topological polar surface area (TPSA) is 55.8 Å². The van der Waals surface area contributed by atoms with Crippen LogP contribution in [0.4, 0.5) is 0 Å². The fraction of sp³-hybridized carbons (Fsp3) is 0.556. The van der Waals surface area contributed by atoms with Crippen molar-refractivity contribution in [1.29, 1.82) is 0 Å². The number of halogens is 1. The van der Waals surface area contributed by atoms with E-state index in [0.717, 1.165) is 12.8 Å². The summed E-state index contributed by atoms with van der Waals surface area (Å²) in [5, 5.41) is 0. The monoisotopic (exact) mass is 351 g/mol. The highest BCUT2D eigenvalue weighted by molar-refractivity contribution is 6.18. The van der Waals surface area contributed by atoms with Crippen LogP contribution in [0.5, 0.6) is 0 Å². The van der Waals surface area contributed by atoms with E-state index >= 15 is 0 Å². The molecule has 2 heterocycles. The van der Waals surface area contributed by atoms with Crippen LogP contribution in [0.25, 0.3) is 0 Å². The number of alkyl halides is 1. The molecular formula is C18H22ClNO4. The minimum Gasteiger partial charge on any atom is -0.469 e. The number of carbonyl (C=O) groups excluding carboxylic acids is 2. The molecule has 6 heteroatoms. The lowest BCUT2D eigenvalue weighted by atomic mass is 9.80. The van der Waals surface area contributed by atoms with Crippen molar-refractivity contribution in [3.05, 3.63) is 35.9 Å². The molecule has 1 aromatic carbocycles. The molecular weight excluding hydrogens is 330 g/mol. The highest BCUT2D eigenvalue weighted by Crippen LogP contribution is 2.44. The Hall–Kier alpha value is -1.59. The van der Waals surface area contributed by atoms with E-state index < -0.39 is 18.0 Å². The first kappa shape index (κ1) is 17.2. The number of fused-ring (bicyclic) bond motifs is 2. The molecule has 5 atom stereocenters. The van der Waals surface area contributed by atoms with Crippen LogP contribution in [0, 0.1) is 11.8 Å².